The smallest absolute Gasteiger partial charge is 0.328 e. The lowest BCUT2D eigenvalue weighted by Gasteiger charge is -2.36. The second-order valence-corrected chi connectivity index (χ2v) is 6.80. The maximum atomic E-state index is 12.6. The van der Waals surface area contributed by atoms with Gasteiger partial charge in [0.1, 0.15) is 6.04 Å². The van der Waals surface area contributed by atoms with Gasteiger partial charge in [-0.2, -0.15) is 0 Å². The minimum atomic E-state index is -0.352. The number of hydrogen-bond acceptors (Lipinski definition) is 4. The molecule has 0 aromatic carbocycles. The van der Waals surface area contributed by atoms with Crippen LogP contribution in [0.3, 0.4) is 0 Å². The average Bonchev–Trinajstić information content (AvgIpc) is 2.85. The van der Waals surface area contributed by atoms with Crippen molar-refractivity contribution < 1.29 is 14.3 Å². The summed E-state index contributed by atoms with van der Waals surface area (Å²) < 4.78 is 4.86. The third-order valence-electron chi connectivity index (χ3n) is 5.33. The van der Waals surface area contributed by atoms with Crippen LogP contribution in [0.5, 0.6) is 0 Å². The van der Waals surface area contributed by atoms with Gasteiger partial charge in [0.2, 0.25) is 5.91 Å². The highest BCUT2D eigenvalue weighted by molar-refractivity contribution is 5.84. The second kappa shape index (κ2) is 6.34. The number of ether oxygens (including phenoxy) is 1. The van der Waals surface area contributed by atoms with E-state index in [1.165, 1.54) is 20.0 Å². The first-order chi connectivity index (χ1) is 10.2. The monoisotopic (exact) mass is 294 g/mol. The number of carbonyl (C=O) groups excluding carboxylic acids is 2. The Morgan fingerprint density at radius 2 is 1.86 bits per heavy atom. The maximum absolute atomic E-state index is 12.6. The molecule has 1 N–H and O–H groups in total. The Hall–Kier alpha value is -1.10. The summed E-state index contributed by atoms with van der Waals surface area (Å²) in [6.07, 6.45) is 8.07. The molecule has 5 heteroatoms. The molecule has 3 saturated heterocycles. The van der Waals surface area contributed by atoms with Gasteiger partial charge in [-0.3, -0.25) is 4.79 Å². The Morgan fingerprint density at radius 3 is 2.52 bits per heavy atom. The van der Waals surface area contributed by atoms with Crippen LogP contribution in [0, 0.1) is 5.92 Å². The van der Waals surface area contributed by atoms with E-state index in [2.05, 4.69) is 5.32 Å². The summed E-state index contributed by atoms with van der Waals surface area (Å²) in [4.78, 5) is 26.3. The van der Waals surface area contributed by atoms with Gasteiger partial charge in [-0.15, -0.1) is 0 Å². The van der Waals surface area contributed by atoms with Gasteiger partial charge in [0, 0.05) is 25.0 Å². The molecule has 3 unspecified atom stereocenters. The fourth-order valence-corrected chi connectivity index (χ4v) is 4.32. The number of nitrogens with one attached hydrogen (secondary N) is 1. The topological polar surface area (TPSA) is 58.6 Å². The van der Waals surface area contributed by atoms with Gasteiger partial charge in [0.05, 0.1) is 7.11 Å². The molecule has 3 fully saturated rings. The second-order valence-electron chi connectivity index (χ2n) is 6.80. The molecule has 0 aromatic heterocycles. The molecule has 0 saturated carbocycles. The molecule has 1 amide bonds. The molecule has 21 heavy (non-hydrogen) atoms. The number of carbonyl (C=O) groups is 2. The molecule has 2 bridgehead atoms. The Morgan fingerprint density at radius 1 is 1.14 bits per heavy atom. The molecule has 0 aromatic rings. The minimum Gasteiger partial charge on any atom is -0.467 e. The molecule has 0 aliphatic carbocycles. The molecule has 0 spiro atoms. The third-order valence-corrected chi connectivity index (χ3v) is 5.33. The summed E-state index contributed by atoms with van der Waals surface area (Å²) in [6.45, 7) is 0.705. The van der Waals surface area contributed by atoms with Crippen molar-refractivity contribution in [2.75, 3.05) is 13.7 Å². The normalized spacial score (nSPS) is 35.6. The van der Waals surface area contributed by atoms with Crippen molar-refractivity contribution in [1.82, 2.24) is 10.2 Å². The number of likely N-dealkylation sites (tertiary alicyclic amines) is 1. The first-order valence-corrected chi connectivity index (χ1v) is 8.30. The van der Waals surface area contributed by atoms with Crippen LogP contribution < -0.4 is 5.32 Å². The fourth-order valence-electron chi connectivity index (χ4n) is 4.32. The third kappa shape index (κ3) is 3.23. The largest absolute Gasteiger partial charge is 0.467 e. The zero-order valence-corrected chi connectivity index (χ0v) is 12.8. The molecule has 3 rings (SSSR count). The van der Waals surface area contributed by atoms with Gasteiger partial charge in [0.25, 0.3) is 0 Å². The van der Waals surface area contributed by atoms with Crippen LogP contribution in [-0.4, -0.2) is 48.6 Å². The van der Waals surface area contributed by atoms with E-state index in [9.17, 15) is 9.59 Å². The number of nitrogens with zero attached hydrogens (tertiary/aromatic N) is 1. The van der Waals surface area contributed by atoms with Crippen molar-refractivity contribution in [3.8, 4) is 0 Å². The molecule has 3 aliphatic heterocycles. The van der Waals surface area contributed by atoms with Crippen LogP contribution in [0.4, 0.5) is 0 Å². The lowest BCUT2D eigenvalue weighted by molar-refractivity contribution is -0.155. The molecule has 5 nitrogen and oxygen atoms in total. The van der Waals surface area contributed by atoms with E-state index in [0.29, 0.717) is 31.0 Å². The Kier molecular flexibility index (Phi) is 4.48. The van der Waals surface area contributed by atoms with Crippen LogP contribution >= 0.6 is 0 Å². The van der Waals surface area contributed by atoms with Gasteiger partial charge >= 0.3 is 5.97 Å². The van der Waals surface area contributed by atoms with E-state index >= 15 is 0 Å². The molecule has 3 heterocycles. The predicted molar refractivity (Wildman–Crippen MR) is 78.7 cm³/mol. The summed E-state index contributed by atoms with van der Waals surface area (Å²) in [5.41, 5.74) is 0. The number of esters is 1. The highest BCUT2D eigenvalue weighted by Gasteiger charge is 2.37. The number of piperidine rings is 2. The summed E-state index contributed by atoms with van der Waals surface area (Å²) in [5, 5.41) is 3.61. The maximum Gasteiger partial charge on any atom is 0.328 e. The Bertz CT molecular complexity index is 400. The quantitative estimate of drug-likeness (QED) is 0.801. The highest BCUT2D eigenvalue weighted by Crippen LogP contribution is 2.33. The van der Waals surface area contributed by atoms with Gasteiger partial charge in [0.15, 0.2) is 0 Å². The van der Waals surface area contributed by atoms with E-state index < -0.39 is 0 Å². The highest BCUT2D eigenvalue weighted by atomic mass is 16.5. The number of hydrogen-bond donors (Lipinski definition) is 1. The van der Waals surface area contributed by atoms with Crippen LogP contribution in [0.1, 0.15) is 51.4 Å². The van der Waals surface area contributed by atoms with Crippen molar-refractivity contribution in [3.05, 3.63) is 0 Å². The summed E-state index contributed by atoms with van der Waals surface area (Å²) in [6, 6.07) is 0.869. The Balaban J connectivity index is 1.59. The van der Waals surface area contributed by atoms with Gasteiger partial charge in [-0.1, -0.05) is 0 Å². The lowest BCUT2D eigenvalue weighted by Crippen LogP contribution is -2.49. The van der Waals surface area contributed by atoms with Gasteiger partial charge in [-0.05, 0) is 50.9 Å². The first-order valence-electron chi connectivity index (χ1n) is 8.30. The van der Waals surface area contributed by atoms with E-state index in [1.54, 1.807) is 4.90 Å². The van der Waals surface area contributed by atoms with Crippen LogP contribution in [-0.2, 0) is 14.3 Å². The van der Waals surface area contributed by atoms with Crippen molar-refractivity contribution in [2.45, 2.75) is 69.5 Å². The SMILES string of the molecule is COC(=O)C1CCCCN1C(=O)CC1CC2CCC(C1)N2. The number of rotatable bonds is 3. The molecule has 0 radical (unpaired) electrons. The number of amides is 1. The zero-order valence-electron chi connectivity index (χ0n) is 12.8. The average molecular weight is 294 g/mol. The fraction of sp³-hybridized carbons (Fsp3) is 0.875. The van der Waals surface area contributed by atoms with Crippen LogP contribution in [0.15, 0.2) is 0 Å². The van der Waals surface area contributed by atoms with Crippen molar-refractivity contribution in [2.24, 2.45) is 5.92 Å². The summed E-state index contributed by atoms with van der Waals surface area (Å²) in [7, 11) is 1.41. The molecular weight excluding hydrogens is 268 g/mol. The number of fused-ring (bicyclic) bond motifs is 2. The number of methoxy groups -OCH3 is 1. The van der Waals surface area contributed by atoms with Gasteiger partial charge in [-0.25, -0.2) is 4.79 Å². The lowest BCUT2D eigenvalue weighted by atomic mass is 9.88. The molecular formula is C16H26N2O3. The first kappa shape index (κ1) is 14.8. The van der Waals surface area contributed by atoms with E-state index in [1.807, 2.05) is 0 Å². The standard InChI is InChI=1S/C16H26N2O3/c1-21-16(20)14-4-2-3-7-18(14)15(19)10-11-8-12-5-6-13(9-11)17-12/h11-14,17H,2-10H2,1H3. The van der Waals surface area contributed by atoms with Crippen LogP contribution in [0.2, 0.25) is 0 Å². The van der Waals surface area contributed by atoms with Crippen molar-refractivity contribution >= 4 is 11.9 Å². The minimum absolute atomic E-state index is 0.149. The van der Waals surface area contributed by atoms with E-state index in [-0.39, 0.29) is 17.9 Å². The van der Waals surface area contributed by atoms with Crippen molar-refractivity contribution in [1.29, 1.82) is 0 Å². The van der Waals surface area contributed by atoms with Gasteiger partial charge < -0.3 is 15.0 Å². The summed E-state index contributed by atoms with van der Waals surface area (Å²) in [5.74, 6) is 0.376. The Labute approximate surface area is 126 Å². The molecule has 118 valence electrons. The predicted octanol–water partition coefficient (Wildman–Crippen LogP) is 1.46. The van der Waals surface area contributed by atoms with E-state index in [0.717, 1.165) is 32.1 Å². The zero-order chi connectivity index (χ0) is 14.8. The summed E-state index contributed by atoms with van der Waals surface area (Å²) >= 11 is 0. The molecule has 3 atom stereocenters. The van der Waals surface area contributed by atoms with Crippen LogP contribution in [0.25, 0.3) is 0 Å². The van der Waals surface area contributed by atoms with Crippen molar-refractivity contribution in [3.63, 3.8) is 0 Å². The molecule has 3 aliphatic rings. The van der Waals surface area contributed by atoms with E-state index in [4.69, 9.17) is 4.74 Å².